The lowest BCUT2D eigenvalue weighted by molar-refractivity contribution is 0.0995. The summed E-state index contributed by atoms with van der Waals surface area (Å²) >= 11 is 1.46. The van der Waals surface area contributed by atoms with Gasteiger partial charge in [0, 0.05) is 7.05 Å². The Morgan fingerprint density at radius 3 is 2.54 bits per heavy atom. The number of rotatable bonds is 4. The van der Waals surface area contributed by atoms with Gasteiger partial charge in [-0.2, -0.15) is 4.99 Å². The Morgan fingerprint density at radius 2 is 1.82 bits per heavy atom. The minimum absolute atomic E-state index is 0.331. The van der Waals surface area contributed by atoms with Crippen molar-refractivity contribution in [2.45, 2.75) is 6.92 Å². The number of fused-ring (bicyclic) bond motifs is 2. The van der Waals surface area contributed by atoms with Crippen LogP contribution in [-0.2, 0) is 7.05 Å². The smallest absolute Gasteiger partial charge is 0.283 e. The highest BCUT2D eigenvalue weighted by Gasteiger charge is 2.15. The molecule has 1 aromatic heterocycles. The Balaban J connectivity index is 1.86. The van der Waals surface area contributed by atoms with Gasteiger partial charge in [-0.15, -0.1) is 0 Å². The van der Waals surface area contributed by atoms with Gasteiger partial charge in [0.25, 0.3) is 5.91 Å². The van der Waals surface area contributed by atoms with Crippen LogP contribution in [0.5, 0.6) is 11.5 Å². The molecule has 0 atom stereocenters. The number of thiazole rings is 1. The maximum atomic E-state index is 13.0. The lowest BCUT2D eigenvalue weighted by atomic mass is 10.1. The molecule has 1 amide bonds. The van der Waals surface area contributed by atoms with Crippen LogP contribution in [0.2, 0.25) is 0 Å². The zero-order valence-electron chi connectivity index (χ0n) is 15.9. The Labute approximate surface area is 166 Å². The molecule has 142 valence electrons. The molecule has 4 rings (SSSR count). The van der Waals surface area contributed by atoms with E-state index in [1.807, 2.05) is 73.1 Å². The number of benzene rings is 3. The maximum Gasteiger partial charge on any atom is 0.283 e. The van der Waals surface area contributed by atoms with Crippen LogP contribution < -0.4 is 14.3 Å². The third-order valence-electron chi connectivity index (χ3n) is 4.58. The van der Waals surface area contributed by atoms with E-state index in [1.54, 1.807) is 7.11 Å². The number of methoxy groups -OCH3 is 1. The minimum atomic E-state index is -0.331. The molecule has 3 aromatic carbocycles. The molecule has 28 heavy (non-hydrogen) atoms. The van der Waals surface area contributed by atoms with Crippen LogP contribution in [0, 0.1) is 0 Å². The first-order valence-corrected chi connectivity index (χ1v) is 9.81. The Morgan fingerprint density at radius 1 is 1.07 bits per heavy atom. The zero-order chi connectivity index (χ0) is 19.7. The third kappa shape index (κ3) is 3.16. The lowest BCUT2D eigenvalue weighted by Gasteiger charge is -2.08. The van der Waals surface area contributed by atoms with Crippen LogP contribution in [0.3, 0.4) is 0 Å². The van der Waals surface area contributed by atoms with Gasteiger partial charge in [-0.3, -0.25) is 4.79 Å². The molecule has 0 aliphatic carbocycles. The minimum Gasteiger partial charge on any atom is -0.496 e. The van der Waals surface area contributed by atoms with Gasteiger partial charge in [0.15, 0.2) is 4.80 Å². The number of aryl methyl sites for hydroxylation is 1. The molecular formula is C22H20N2O3S. The molecule has 1 heterocycles. The van der Waals surface area contributed by atoms with E-state index in [2.05, 4.69) is 4.99 Å². The summed E-state index contributed by atoms with van der Waals surface area (Å²) in [7, 11) is 3.46. The van der Waals surface area contributed by atoms with Crippen LogP contribution in [0.15, 0.2) is 59.6 Å². The zero-order valence-corrected chi connectivity index (χ0v) is 16.7. The fourth-order valence-corrected chi connectivity index (χ4v) is 4.28. The van der Waals surface area contributed by atoms with Gasteiger partial charge in [0.1, 0.15) is 17.0 Å². The van der Waals surface area contributed by atoms with Crippen molar-refractivity contribution in [3.05, 3.63) is 65.0 Å². The molecule has 0 fully saturated rings. The first-order valence-electron chi connectivity index (χ1n) is 8.99. The van der Waals surface area contributed by atoms with E-state index in [-0.39, 0.29) is 5.91 Å². The largest absolute Gasteiger partial charge is 0.496 e. The van der Waals surface area contributed by atoms with Crippen molar-refractivity contribution in [1.29, 1.82) is 0 Å². The number of ether oxygens (including phenoxy) is 2. The average molecular weight is 392 g/mol. The SMILES string of the molecule is CCOc1cccc2sc(=NC(=O)c3cc4ccccc4cc3OC)n(C)c12. The van der Waals surface area contributed by atoms with Crippen molar-refractivity contribution in [2.24, 2.45) is 12.0 Å². The fourth-order valence-electron chi connectivity index (χ4n) is 3.25. The van der Waals surface area contributed by atoms with Gasteiger partial charge in [-0.05, 0) is 42.0 Å². The summed E-state index contributed by atoms with van der Waals surface area (Å²) in [6, 6.07) is 17.4. The van der Waals surface area contributed by atoms with Crippen molar-refractivity contribution in [3.8, 4) is 11.5 Å². The van der Waals surface area contributed by atoms with E-state index in [0.717, 1.165) is 26.7 Å². The highest BCUT2D eigenvalue weighted by molar-refractivity contribution is 7.16. The van der Waals surface area contributed by atoms with Gasteiger partial charge < -0.3 is 14.0 Å². The first kappa shape index (κ1) is 18.3. The number of hydrogen-bond donors (Lipinski definition) is 0. The summed E-state index contributed by atoms with van der Waals surface area (Å²) in [5.41, 5.74) is 1.38. The molecule has 0 radical (unpaired) electrons. The molecule has 0 spiro atoms. The van der Waals surface area contributed by atoms with E-state index in [0.29, 0.717) is 22.7 Å². The molecule has 0 saturated heterocycles. The summed E-state index contributed by atoms with van der Waals surface area (Å²) < 4.78 is 14.1. The predicted octanol–water partition coefficient (Wildman–Crippen LogP) is 4.54. The molecule has 0 saturated carbocycles. The van der Waals surface area contributed by atoms with E-state index < -0.39 is 0 Å². The molecule has 6 heteroatoms. The maximum absolute atomic E-state index is 13.0. The van der Waals surface area contributed by atoms with Gasteiger partial charge >= 0.3 is 0 Å². The Kier molecular flexibility index (Phi) is 4.88. The second kappa shape index (κ2) is 7.48. The topological polar surface area (TPSA) is 52.8 Å². The number of carbonyl (C=O) groups excluding carboxylic acids is 1. The predicted molar refractivity (Wildman–Crippen MR) is 112 cm³/mol. The van der Waals surface area contributed by atoms with Gasteiger partial charge in [0.05, 0.1) is 24.0 Å². The number of para-hydroxylation sites is 1. The Hall–Kier alpha value is -3.12. The summed E-state index contributed by atoms with van der Waals surface area (Å²) in [6.45, 7) is 2.53. The lowest BCUT2D eigenvalue weighted by Crippen LogP contribution is -2.14. The highest BCUT2D eigenvalue weighted by Crippen LogP contribution is 2.28. The standard InChI is InChI=1S/C22H20N2O3S/c1-4-27-17-10-7-11-19-20(17)24(2)22(28-19)23-21(25)16-12-14-8-5-6-9-15(14)13-18(16)26-3/h5-13H,4H2,1-3H3. The molecule has 0 aliphatic rings. The van der Waals surface area contributed by atoms with E-state index in [9.17, 15) is 4.79 Å². The van der Waals surface area contributed by atoms with Crippen LogP contribution in [0.25, 0.3) is 21.0 Å². The summed E-state index contributed by atoms with van der Waals surface area (Å²) in [6.07, 6.45) is 0. The number of nitrogens with zero attached hydrogens (tertiary/aromatic N) is 2. The summed E-state index contributed by atoms with van der Waals surface area (Å²) in [5, 5.41) is 1.99. The molecule has 4 aromatic rings. The number of aromatic nitrogens is 1. The van der Waals surface area contributed by atoms with Crippen molar-refractivity contribution < 1.29 is 14.3 Å². The second-order valence-corrected chi connectivity index (χ2v) is 7.31. The highest BCUT2D eigenvalue weighted by atomic mass is 32.1. The monoisotopic (exact) mass is 392 g/mol. The van der Waals surface area contributed by atoms with Gasteiger partial charge in [-0.1, -0.05) is 41.7 Å². The molecule has 0 aliphatic heterocycles. The quantitative estimate of drug-likeness (QED) is 0.512. The van der Waals surface area contributed by atoms with Crippen molar-refractivity contribution >= 4 is 38.2 Å². The number of hydrogen-bond acceptors (Lipinski definition) is 4. The van der Waals surface area contributed by atoms with Crippen molar-refractivity contribution in [3.63, 3.8) is 0 Å². The van der Waals surface area contributed by atoms with Crippen LogP contribution in [0.4, 0.5) is 0 Å². The second-order valence-electron chi connectivity index (χ2n) is 6.30. The summed E-state index contributed by atoms with van der Waals surface area (Å²) in [5.74, 6) is 0.977. The van der Waals surface area contributed by atoms with E-state index >= 15 is 0 Å². The molecule has 0 unspecified atom stereocenters. The molecule has 0 N–H and O–H groups in total. The van der Waals surface area contributed by atoms with Crippen molar-refractivity contribution in [2.75, 3.05) is 13.7 Å². The number of carbonyl (C=O) groups is 1. The summed E-state index contributed by atoms with van der Waals surface area (Å²) in [4.78, 5) is 18.0. The third-order valence-corrected chi connectivity index (χ3v) is 5.68. The van der Waals surface area contributed by atoms with Gasteiger partial charge in [-0.25, -0.2) is 0 Å². The number of amides is 1. The normalized spacial score (nSPS) is 11.9. The van der Waals surface area contributed by atoms with E-state index in [1.165, 1.54) is 11.3 Å². The van der Waals surface area contributed by atoms with Crippen LogP contribution >= 0.6 is 11.3 Å². The molecule has 0 bridgehead atoms. The first-order chi connectivity index (χ1) is 13.6. The Bertz CT molecular complexity index is 1250. The molecule has 5 nitrogen and oxygen atoms in total. The van der Waals surface area contributed by atoms with E-state index in [4.69, 9.17) is 9.47 Å². The van der Waals surface area contributed by atoms with Gasteiger partial charge in [0.2, 0.25) is 0 Å². The average Bonchev–Trinajstić information content (AvgIpc) is 3.03. The fraction of sp³-hybridized carbons (Fsp3) is 0.182. The van der Waals surface area contributed by atoms with Crippen LogP contribution in [-0.4, -0.2) is 24.2 Å². The van der Waals surface area contributed by atoms with Crippen molar-refractivity contribution in [1.82, 2.24) is 4.57 Å². The molecular weight excluding hydrogens is 372 g/mol. The van der Waals surface area contributed by atoms with Crippen LogP contribution in [0.1, 0.15) is 17.3 Å².